The molecule has 0 spiro atoms. The number of nitrogens with one attached hydrogen (secondary N) is 1. The normalized spacial score (nSPS) is 12.3. The molecular weight excluding hydrogens is 198 g/mol. The summed E-state index contributed by atoms with van der Waals surface area (Å²) in [5.41, 5.74) is 0. The summed E-state index contributed by atoms with van der Waals surface area (Å²) in [7, 11) is -3.02. The van der Waals surface area contributed by atoms with Crippen LogP contribution in [0.2, 0.25) is 0 Å². The van der Waals surface area contributed by atoms with E-state index < -0.39 is 10.0 Å². The summed E-state index contributed by atoms with van der Waals surface area (Å²) in [4.78, 5) is 0. The van der Waals surface area contributed by atoms with Crippen LogP contribution in [-0.2, 0) is 10.0 Å². The van der Waals surface area contributed by atoms with E-state index >= 15 is 0 Å². The Kier molecular flexibility index (Phi) is 7.19. The molecule has 0 unspecified atom stereocenters. The first-order chi connectivity index (χ1) is 6.48. The minimum absolute atomic E-state index is 0.197. The van der Waals surface area contributed by atoms with E-state index in [4.69, 9.17) is 0 Å². The summed E-state index contributed by atoms with van der Waals surface area (Å²) in [6.07, 6.45) is 4.43. The largest absolute Gasteiger partial charge is 0.215 e. The molecule has 4 heteroatoms. The SMILES string of the molecule is CCCCCCNS(=O)(=O)CC(C)C. The van der Waals surface area contributed by atoms with Gasteiger partial charge in [0.15, 0.2) is 0 Å². The Labute approximate surface area is 88.3 Å². The van der Waals surface area contributed by atoms with Crippen molar-refractivity contribution in [2.24, 2.45) is 5.92 Å². The van der Waals surface area contributed by atoms with E-state index in [1.807, 2.05) is 13.8 Å². The van der Waals surface area contributed by atoms with E-state index in [9.17, 15) is 8.42 Å². The number of hydrogen-bond donors (Lipinski definition) is 1. The summed E-state index contributed by atoms with van der Waals surface area (Å²) in [6.45, 7) is 6.56. The predicted octanol–water partition coefficient (Wildman–Crippen LogP) is 2.14. The zero-order valence-corrected chi connectivity index (χ0v) is 10.4. The third kappa shape index (κ3) is 8.51. The van der Waals surface area contributed by atoms with Crippen molar-refractivity contribution in [3.05, 3.63) is 0 Å². The van der Waals surface area contributed by atoms with Crippen molar-refractivity contribution < 1.29 is 8.42 Å². The Morgan fingerprint density at radius 2 is 1.79 bits per heavy atom. The maximum atomic E-state index is 11.4. The maximum Gasteiger partial charge on any atom is 0.211 e. The molecule has 1 N–H and O–H groups in total. The Morgan fingerprint density at radius 3 is 2.29 bits per heavy atom. The van der Waals surface area contributed by atoms with Gasteiger partial charge >= 0.3 is 0 Å². The molecule has 0 saturated heterocycles. The van der Waals surface area contributed by atoms with Gasteiger partial charge in [-0.1, -0.05) is 40.0 Å². The van der Waals surface area contributed by atoms with E-state index in [0.29, 0.717) is 6.54 Å². The molecule has 14 heavy (non-hydrogen) atoms. The number of unbranched alkanes of at least 4 members (excludes halogenated alkanes) is 3. The van der Waals surface area contributed by atoms with Gasteiger partial charge in [0.25, 0.3) is 0 Å². The minimum atomic E-state index is -3.02. The van der Waals surface area contributed by atoms with Crippen molar-refractivity contribution in [1.82, 2.24) is 4.72 Å². The summed E-state index contributed by atoms with van der Waals surface area (Å²) < 4.78 is 25.3. The van der Waals surface area contributed by atoms with E-state index in [2.05, 4.69) is 11.6 Å². The molecule has 0 saturated carbocycles. The Bertz CT molecular complexity index is 222. The van der Waals surface area contributed by atoms with Gasteiger partial charge in [-0.05, 0) is 12.3 Å². The lowest BCUT2D eigenvalue weighted by atomic mass is 10.2. The molecule has 0 atom stereocenters. The van der Waals surface area contributed by atoms with Crippen molar-refractivity contribution in [2.45, 2.75) is 46.5 Å². The molecule has 0 aliphatic carbocycles. The van der Waals surface area contributed by atoms with Crippen LogP contribution in [-0.4, -0.2) is 20.7 Å². The van der Waals surface area contributed by atoms with Gasteiger partial charge in [-0.15, -0.1) is 0 Å². The van der Waals surface area contributed by atoms with Gasteiger partial charge in [0, 0.05) is 6.54 Å². The van der Waals surface area contributed by atoms with Crippen molar-refractivity contribution >= 4 is 10.0 Å². The second kappa shape index (κ2) is 7.23. The quantitative estimate of drug-likeness (QED) is 0.638. The van der Waals surface area contributed by atoms with Crippen LogP contribution in [0.3, 0.4) is 0 Å². The van der Waals surface area contributed by atoms with E-state index in [0.717, 1.165) is 12.8 Å². The standard InChI is InChI=1S/C10H23NO2S/c1-4-5-6-7-8-11-14(12,13)9-10(2)3/h10-11H,4-9H2,1-3H3. The number of hydrogen-bond acceptors (Lipinski definition) is 2. The van der Waals surface area contributed by atoms with E-state index in [-0.39, 0.29) is 11.7 Å². The summed E-state index contributed by atoms with van der Waals surface area (Å²) >= 11 is 0. The number of rotatable bonds is 8. The van der Waals surface area contributed by atoms with Crippen molar-refractivity contribution in [2.75, 3.05) is 12.3 Å². The van der Waals surface area contributed by atoms with Crippen LogP contribution in [0.25, 0.3) is 0 Å². The summed E-state index contributed by atoms with van der Waals surface area (Å²) in [6, 6.07) is 0. The first-order valence-corrected chi connectivity index (χ1v) is 7.10. The fourth-order valence-corrected chi connectivity index (χ4v) is 2.73. The topological polar surface area (TPSA) is 46.2 Å². The van der Waals surface area contributed by atoms with Crippen molar-refractivity contribution in [3.8, 4) is 0 Å². The molecule has 0 amide bonds. The van der Waals surface area contributed by atoms with Gasteiger partial charge < -0.3 is 0 Å². The second-order valence-electron chi connectivity index (χ2n) is 4.13. The molecule has 0 aliphatic rings. The maximum absolute atomic E-state index is 11.4. The van der Waals surface area contributed by atoms with Crippen LogP contribution in [0.1, 0.15) is 46.5 Å². The van der Waals surface area contributed by atoms with Gasteiger partial charge in [0.2, 0.25) is 10.0 Å². The summed E-state index contributed by atoms with van der Waals surface area (Å²) in [5, 5.41) is 0. The fourth-order valence-electron chi connectivity index (χ4n) is 1.28. The predicted molar refractivity (Wildman–Crippen MR) is 60.8 cm³/mol. The summed E-state index contributed by atoms with van der Waals surface area (Å²) in [5.74, 6) is 0.434. The molecule has 0 aromatic rings. The zero-order chi connectivity index (χ0) is 11.0. The molecule has 0 aliphatic heterocycles. The molecule has 0 fully saturated rings. The first-order valence-electron chi connectivity index (χ1n) is 5.45. The Balaban J connectivity index is 3.56. The molecule has 3 nitrogen and oxygen atoms in total. The smallest absolute Gasteiger partial charge is 0.211 e. The lowest BCUT2D eigenvalue weighted by molar-refractivity contribution is 0.561. The average molecular weight is 221 g/mol. The van der Waals surface area contributed by atoms with Gasteiger partial charge in [0.1, 0.15) is 0 Å². The Hall–Kier alpha value is -0.0900. The monoisotopic (exact) mass is 221 g/mol. The second-order valence-corrected chi connectivity index (χ2v) is 5.98. The lowest BCUT2D eigenvalue weighted by Crippen LogP contribution is -2.29. The molecule has 0 bridgehead atoms. The minimum Gasteiger partial charge on any atom is -0.215 e. The van der Waals surface area contributed by atoms with Gasteiger partial charge in [0.05, 0.1) is 5.75 Å². The molecule has 0 rings (SSSR count). The van der Waals surface area contributed by atoms with Gasteiger partial charge in [-0.3, -0.25) is 0 Å². The van der Waals surface area contributed by atoms with Crippen LogP contribution in [0.4, 0.5) is 0 Å². The highest BCUT2D eigenvalue weighted by molar-refractivity contribution is 7.89. The van der Waals surface area contributed by atoms with Gasteiger partial charge in [-0.2, -0.15) is 0 Å². The molecule has 0 aromatic carbocycles. The lowest BCUT2D eigenvalue weighted by Gasteiger charge is -2.08. The highest BCUT2D eigenvalue weighted by Gasteiger charge is 2.11. The molecular formula is C10H23NO2S. The number of sulfonamides is 1. The third-order valence-electron chi connectivity index (χ3n) is 1.91. The van der Waals surface area contributed by atoms with E-state index in [1.165, 1.54) is 12.8 Å². The van der Waals surface area contributed by atoms with Crippen LogP contribution >= 0.6 is 0 Å². The van der Waals surface area contributed by atoms with Crippen LogP contribution in [0, 0.1) is 5.92 Å². The molecule has 0 aromatic heterocycles. The molecule has 0 heterocycles. The van der Waals surface area contributed by atoms with Crippen molar-refractivity contribution in [3.63, 3.8) is 0 Å². The molecule has 86 valence electrons. The van der Waals surface area contributed by atoms with Crippen LogP contribution < -0.4 is 4.72 Å². The third-order valence-corrected chi connectivity index (χ3v) is 3.65. The van der Waals surface area contributed by atoms with Crippen LogP contribution in [0.5, 0.6) is 0 Å². The first kappa shape index (κ1) is 13.9. The fraction of sp³-hybridized carbons (Fsp3) is 1.00. The molecule has 0 radical (unpaired) electrons. The Morgan fingerprint density at radius 1 is 1.14 bits per heavy atom. The highest BCUT2D eigenvalue weighted by Crippen LogP contribution is 2.00. The highest BCUT2D eigenvalue weighted by atomic mass is 32.2. The van der Waals surface area contributed by atoms with Crippen molar-refractivity contribution in [1.29, 1.82) is 0 Å². The van der Waals surface area contributed by atoms with Gasteiger partial charge in [-0.25, -0.2) is 13.1 Å². The zero-order valence-electron chi connectivity index (χ0n) is 9.54. The van der Waals surface area contributed by atoms with Crippen LogP contribution in [0.15, 0.2) is 0 Å². The van der Waals surface area contributed by atoms with E-state index in [1.54, 1.807) is 0 Å². The average Bonchev–Trinajstić information content (AvgIpc) is 2.01.